The second-order valence-corrected chi connectivity index (χ2v) is 7.59. The molecule has 0 amide bonds. The first-order valence-electron chi connectivity index (χ1n) is 10.4. The van der Waals surface area contributed by atoms with Gasteiger partial charge in [-0.1, -0.05) is 48.5 Å². The van der Waals surface area contributed by atoms with Gasteiger partial charge in [-0.3, -0.25) is 14.6 Å². The van der Waals surface area contributed by atoms with Gasteiger partial charge in [0.05, 0.1) is 0 Å². The van der Waals surface area contributed by atoms with Crippen molar-refractivity contribution >= 4 is 17.5 Å². The van der Waals surface area contributed by atoms with Crippen molar-refractivity contribution in [2.24, 2.45) is 10.9 Å². The largest absolute Gasteiger partial charge is 0.490 e. The molecule has 1 heterocycles. The van der Waals surface area contributed by atoms with Crippen LogP contribution in [-0.4, -0.2) is 30.7 Å². The minimum absolute atomic E-state index is 0.0894. The molecule has 0 spiro atoms. The number of para-hydroxylation sites is 1. The molecule has 5 heteroatoms. The molecule has 0 fully saturated rings. The zero-order valence-electron chi connectivity index (χ0n) is 17.0. The minimum Gasteiger partial charge on any atom is -0.490 e. The van der Waals surface area contributed by atoms with E-state index < -0.39 is 5.92 Å². The van der Waals surface area contributed by atoms with Gasteiger partial charge in [0.2, 0.25) is 0 Å². The van der Waals surface area contributed by atoms with Crippen LogP contribution in [0.15, 0.2) is 76.9 Å². The highest BCUT2D eigenvalue weighted by Crippen LogP contribution is 2.43. The van der Waals surface area contributed by atoms with E-state index in [-0.39, 0.29) is 30.9 Å². The lowest BCUT2D eigenvalue weighted by molar-refractivity contribution is -0.147. The van der Waals surface area contributed by atoms with Gasteiger partial charge in [0.15, 0.2) is 5.78 Å². The quantitative estimate of drug-likeness (QED) is 0.527. The third kappa shape index (κ3) is 4.20. The van der Waals surface area contributed by atoms with Crippen molar-refractivity contribution in [1.29, 1.82) is 0 Å². The molecule has 0 bridgehead atoms. The highest BCUT2D eigenvalue weighted by Gasteiger charge is 2.43. The molecule has 154 valence electrons. The van der Waals surface area contributed by atoms with Gasteiger partial charge in [-0.05, 0) is 37.5 Å². The fraction of sp³-hybridized carbons (Fsp3) is 0.320. The molecule has 1 unspecified atom stereocenters. The Hall–Kier alpha value is -3.21. The molecule has 2 aromatic rings. The molecule has 0 saturated carbocycles. The van der Waals surface area contributed by atoms with Gasteiger partial charge in [0.1, 0.15) is 24.9 Å². The summed E-state index contributed by atoms with van der Waals surface area (Å²) in [6, 6.07) is 19.1. The molecule has 0 radical (unpaired) electrons. The van der Waals surface area contributed by atoms with Gasteiger partial charge in [-0.25, -0.2) is 0 Å². The number of ketones is 1. The van der Waals surface area contributed by atoms with Gasteiger partial charge >= 0.3 is 5.97 Å². The van der Waals surface area contributed by atoms with Crippen LogP contribution in [0, 0.1) is 5.92 Å². The second-order valence-electron chi connectivity index (χ2n) is 7.59. The third-order valence-corrected chi connectivity index (χ3v) is 5.59. The molecule has 2 aliphatic rings. The fourth-order valence-corrected chi connectivity index (χ4v) is 4.24. The van der Waals surface area contributed by atoms with Crippen LogP contribution >= 0.6 is 0 Å². The molecule has 0 aromatic heterocycles. The van der Waals surface area contributed by atoms with Crippen LogP contribution in [0.1, 0.15) is 37.7 Å². The maximum absolute atomic E-state index is 13.1. The Bertz CT molecular complexity index is 979. The van der Waals surface area contributed by atoms with Gasteiger partial charge in [0.25, 0.3) is 0 Å². The predicted molar refractivity (Wildman–Crippen MR) is 115 cm³/mol. The maximum Gasteiger partial charge on any atom is 0.315 e. The first-order chi connectivity index (χ1) is 14.6. The van der Waals surface area contributed by atoms with Gasteiger partial charge in [-0.2, -0.15) is 0 Å². The highest BCUT2D eigenvalue weighted by atomic mass is 16.6. The molecule has 4 rings (SSSR count). The topological polar surface area (TPSA) is 65.0 Å². The summed E-state index contributed by atoms with van der Waals surface area (Å²) in [5, 5.41) is 0. The molecule has 2 atom stereocenters. The molecular formula is C25H25NO4. The van der Waals surface area contributed by atoms with Crippen LogP contribution in [0.5, 0.6) is 5.75 Å². The van der Waals surface area contributed by atoms with Crippen molar-refractivity contribution in [3.63, 3.8) is 0 Å². The fourth-order valence-electron chi connectivity index (χ4n) is 4.24. The smallest absolute Gasteiger partial charge is 0.315 e. The van der Waals surface area contributed by atoms with E-state index in [0.29, 0.717) is 17.7 Å². The third-order valence-electron chi connectivity index (χ3n) is 5.59. The number of Topliss-reactive ketones (excluding diaryl/α,β-unsaturated/α-hetero) is 1. The number of allylic oxidation sites excluding steroid dienone is 2. The van der Waals surface area contributed by atoms with Crippen molar-refractivity contribution in [3.05, 3.63) is 77.5 Å². The predicted octanol–water partition coefficient (Wildman–Crippen LogP) is 4.49. The summed E-state index contributed by atoms with van der Waals surface area (Å²) < 4.78 is 11.2. The van der Waals surface area contributed by atoms with E-state index in [1.807, 2.05) is 67.6 Å². The number of benzene rings is 2. The number of esters is 1. The van der Waals surface area contributed by atoms with E-state index in [1.54, 1.807) is 0 Å². The molecule has 0 saturated heterocycles. The maximum atomic E-state index is 13.1. The van der Waals surface area contributed by atoms with Crippen molar-refractivity contribution in [1.82, 2.24) is 0 Å². The summed E-state index contributed by atoms with van der Waals surface area (Å²) in [4.78, 5) is 30.5. The van der Waals surface area contributed by atoms with E-state index in [9.17, 15) is 9.59 Å². The summed E-state index contributed by atoms with van der Waals surface area (Å²) in [7, 11) is 0. The van der Waals surface area contributed by atoms with Crippen LogP contribution in [0.2, 0.25) is 0 Å². The van der Waals surface area contributed by atoms with Crippen molar-refractivity contribution < 1.29 is 19.1 Å². The highest BCUT2D eigenvalue weighted by molar-refractivity contribution is 6.08. The van der Waals surface area contributed by atoms with Crippen molar-refractivity contribution in [2.45, 2.75) is 32.1 Å². The first-order valence-corrected chi connectivity index (χ1v) is 10.4. The minimum atomic E-state index is -0.607. The Balaban J connectivity index is 1.53. The van der Waals surface area contributed by atoms with E-state index >= 15 is 0 Å². The number of aliphatic imine (C=N–C) groups is 1. The molecular weight excluding hydrogens is 378 g/mol. The first kappa shape index (κ1) is 20.1. The van der Waals surface area contributed by atoms with Crippen LogP contribution in [0.3, 0.4) is 0 Å². The van der Waals surface area contributed by atoms with Gasteiger partial charge < -0.3 is 9.47 Å². The zero-order chi connectivity index (χ0) is 20.9. The monoisotopic (exact) mass is 403 g/mol. The van der Waals surface area contributed by atoms with Crippen molar-refractivity contribution in [2.75, 3.05) is 13.2 Å². The number of rotatable bonds is 6. The summed E-state index contributed by atoms with van der Waals surface area (Å²) in [6.45, 7) is 2.26. The van der Waals surface area contributed by atoms with Crippen LogP contribution in [0.4, 0.5) is 0 Å². The van der Waals surface area contributed by atoms with E-state index in [0.717, 1.165) is 29.9 Å². The lowest BCUT2D eigenvalue weighted by Gasteiger charge is -2.34. The summed E-state index contributed by atoms with van der Waals surface area (Å²) in [5.41, 5.74) is 3.15. The summed E-state index contributed by atoms with van der Waals surface area (Å²) in [5.74, 6) is -0.508. The Labute approximate surface area is 176 Å². The number of ether oxygens (including phenoxy) is 2. The number of hydrogen-bond donors (Lipinski definition) is 0. The van der Waals surface area contributed by atoms with Crippen LogP contribution < -0.4 is 4.74 Å². The summed E-state index contributed by atoms with van der Waals surface area (Å²) >= 11 is 0. The van der Waals surface area contributed by atoms with E-state index in [1.165, 1.54) is 0 Å². The molecule has 5 nitrogen and oxygen atoms in total. The van der Waals surface area contributed by atoms with Crippen LogP contribution in [-0.2, 0) is 14.3 Å². The van der Waals surface area contributed by atoms with Crippen molar-refractivity contribution in [3.8, 4) is 5.75 Å². The molecule has 1 aliphatic carbocycles. The number of nitrogens with zero attached hydrogens (tertiary/aromatic N) is 1. The van der Waals surface area contributed by atoms with Gasteiger partial charge in [-0.15, -0.1) is 0 Å². The van der Waals surface area contributed by atoms with E-state index in [2.05, 4.69) is 4.99 Å². The molecule has 0 N–H and O–H groups in total. The Morgan fingerprint density at radius 3 is 2.43 bits per heavy atom. The SMILES string of the molecule is CC1=NC2=C(C(=O)CCC2)[C@H](c2ccccc2)C1C(=O)OCCOc1ccccc1. The number of carbonyl (C=O) groups excluding carboxylic acids is 2. The lowest BCUT2D eigenvalue weighted by atomic mass is 9.72. The normalized spacial score (nSPS) is 21.0. The summed E-state index contributed by atoms with van der Waals surface area (Å²) in [6.07, 6.45) is 2.08. The van der Waals surface area contributed by atoms with Gasteiger partial charge in [0, 0.05) is 29.3 Å². The number of hydrogen-bond acceptors (Lipinski definition) is 5. The lowest BCUT2D eigenvalue weighted by Crippen LogP contribution is -2.37. The Kier molecular flexibility index (Phi) is 6.07. The molecule has 30 heavy (non-hydrogen) atoms. The Morgan fingerprint density at radius 1 is 1.00 bits per heavy atom. The van der Waals surface area contributed by atoms with Crippen LogP contribution in [0.25, 0.3) is 0 Å². The standard InChI is InChI=1S/C25H25NO4/c1-17-22(25(28)30-16-15-29-19-11-6-3-7-12-19)23(18-9-4-2-5-10-18)24-20(26-17)13-8-14-21(24)27/h2-7,9-12,22-23H,8,13-16H2,1H3/t22?,23-/m1/s1. The second kappa shape index (κ2) is 9.08. The molecule has 2 aromatic carbocycles. The molecule has 1 aliphatic heterocycles. The van der Waals surface area contributed by atoms with E-state index in [4.69, 9.17) is 9.47 Å². The Morgan fingerprint density at radius 2 is 1.70 bits per heavy atom. The zero-order valence-corrected chi connectivity index (χ0v) is 17.0. The number of carbonyl (C=O) groups is 2. The average Bonchev–Trinajstić information content (AvgIpc) is 2.77. The average molecular weight is 403 g/mol.